The molecule has 1 N–H and O–H groups in total. The molecule has 0 heterocycles. The first-order valence-corrected chi connectivity index (χ1v) is 9.26. The number of hydrogen-bond acceptors (Lipinski definition) is 2. The lowest BCUT2D eigenvalue weighted by molar-refractivity contribution is 0.150. The summed E-state index contributed by atoms with van der Waals surface area (Å²) in [6, 6.07) is 21.7. The van der Waals surface area contributed by atoms with Gasteiger partial charge in [-0.3, -0.25) is 0 Å². The minimum atomic E-state index is 0.337. The van der Waals surface area contributed by atoms with Gasteiger partial charge in [-0.25, -0.2) is 0 Å². The molecule has 0 radical (unpaired) electrons. The Bertz CT molecular complexity index is 634. The van der Waals surface area contributed by atoms with Crippen LogP contribution in [0.4, 0.5) is 0 Å². The molecule has 1 unspecified atom stereocenters. The van der Waals surface area contributed by atoms with Crippen LogP contribution in [0.15, 0.2) is 71.8 Å². The van der Waals surface area contributed by atoms with E-state index in [-0.39, 0.29) is 0 Å². The van der Waals surface area contributed by atoms with Crippen LogP contribution in [0.1, 0.15) is 38.3 Å². The molecule has 2 heteroatoms. The molecule has 0 amide bonds. The minimum Gasteiger partial charge on any atom is -0.381 e. The third-order valence-electron chi connectivity index (χ3n) is 4.70. The zero-order valence-corrected chi connectivity index (χ0v) is 15.8. The van der Waals surface area contributed by atoms with Crippen molar-refractivity contribution in [3.63, 3.8) is 0 Å². The molecular weight excluding hydrogens is 306 g/mol. The lowest BCUT2D eigenvalue weighted by atomic mass is 9.95. The fourth-order valence-corrected chi connectivity index (χ4v) is 2.93. The number of hydrogen-bond donors (Lipinski definition) is 1. The summed E-state index contributed by atoms with van der Waals surface area (Å²) < 4.78 is 5.53. The summed E-state index contributed by atoms with van der Waals surface area (Å²) in [6.45, 7) is 9.01. The zero-order valence-electron chi connectivity index (χ0n) is 15.8. The fraction of sp³-hybridized carbons (Fsp3) is 0.391. The summed E-state index contributed by atoms with van der Waals surface area (Å²) in [5, 5.41) is 3.76. The molecule has 2 aromatic rings. The lowest BCUT2D eigenvalue weighted by Crippen LogP contribution is -2.32. The molecule has 2 nitrogen and oxygen atoms in total. The Labute approximate surface area is 152 Å². The van der Waals surface area contributed by atoms with Crippen molar-refractivity contribution in [3.8, 4) is 0 Å². The lowest BCUT2D eigenvalue weighted by Gasteiger charge is -2.22. The number of ether oxygens (including phenoxy) is 1. The van der Waals surface area contributed by atoms with E-state index in [0.29, 0.717) is 6.04 Å². The highest BCUT2D eigenvalue weighted by Crippen LogP contribution is 2.17. The van der Waals surface area contributed by atoms with Crippen LogP contribution in [-0.4, -0.2) is 19.3 Å². The maximum atomic E-state index is 5.53. The first-order chi connectivity index (χ1) is 12.2. The van der Waals surface area contributed by atoms with Gasteiger partial charge in [0, 0.05) is 19.2 Å². The van der Waals surface area contributed by atoms with Gasteiger partial charge in [0.15, 0.2) is 0 Å². The summed E-state index contributed by atoms with van der Waals surface area (Å²) in [4.78, 5) is 0. The van der Waals surface area contributed by atoms with Crippen LogP contribution in [0.25, 0.3) is 0 Å². The van der Waals surface area contributed by atoms with Gasteiger partial charge >= 0.3 is 0 Å². The monoisotopic (exact) mass is 337 g/mol. The topological polar surface area (TPSA) is 21.3 Å². The second-order valence-electron chi connectivity index (χ2n) is 6.52. The van der Waals surface area contributed by atoms with Crippen molar-refractivity contribution in [2.45, 2.75) is 46.2 Å². The van der Waals surface area contributed by atoms with E-state index in [4.69, 9.17) is 4.74 Å². The van der Waals surface area contributed by atoms with Gasteiger partial charge in [0.25, 0.3) is 0 Å². The Morgan fingerprint density at radius 1 is 0.920 bits per heavy atom. The van der Waals surface area contributed by atoms with Crippen LogP contribution >= 0.6 is 0 Å². The summed E-state index contributed by atoms with van der Waals surface area (Å²) >= 11 is 0. The third kappa shape index (κ3) is 6.85. The number of rotatable bonds is 10. The molecule has 2 aromatic carbocycles. The highest BCUT2D eigenvalue weighted by atomic mass is 16.5. The van der Waals surface area contributed by atoms with Crippen LogP contribution < -0.4 is 5.32 Å². The van der Waals surface area contributed by atoms with Gasteiger partial charge in [-0.05, 0) is 44.7 Å². The van der Waals surface area contributed by atoms with E-state index in [1.165, 1.54) is 22.3 Å². The molecule has 0 bridgehead atoms. The molecule has 2 rings (SSSR count). The van der Waals surface area contributed by atoms with Gasteiger partial charge in [-0.15, -0.1) is 0 Å². The molecule has 0 aliphatic rings. The van der Waals surface area contributed by atoms with Gasteiger partial charge in [-0.2, -0.15) is 0 Å². The van der Waals surface area contributed by atoms with Crippen molar-refractivity contribution in [1.82, 2.24) is 5.32 Å². The first kappa shape index (κ1) is 19.4. The Balaban J connectivity index is 2.08. The van der Waals surface area contributed by atoms with Crippen molar-refractivity contribution >= 4 is 0 Å². The Hall–Kier alpha value is -1.90. The molecule has 0 saturated heterocycles. The van der Waals surface area contributed by atoms with E-state index in [2.05, 4.69) is 79.8 Å². The van der Waals surface area contributed by atoms with Gasteiger partial charge in [0.2, 0.25) is 0 Å². The maximum absolute atomic E-state index is 5.53. The molecule has 0 fully saturated rings. The van der Waals surface area contributed by atoms with Gasteiger partial charge in [0.05, 0.1) is 6.61 Å². The van der Waals surface area contributed by atoms with E-state index in [1.807, 2.05) is 6.92 Å². The van der Waals surface area contributed by atoms with Gasteiger partial charge in [0.1, 0.15) is 0 Å². The van der Waals surface area contributed by atoms with Gasteiger partial charge < -0.3 is 10.1 Å². The van der Waals surface area contributed by atoms with Crippen LogP contribution in [0.3, 0.4) is 0 Å². The quantitative estimate of drug-likeness (QED) is 0.478. The van der Waals surface area contributed by atoms with E-state index >= 15 is 0 Å². The molecule has 0 spiro atoms. The predicted molar refractivity (Wildman–Crippen MR) is 107 cm³/mol. The smallest absolute Gasteiger partial charge is 0.0503 e. The molecule has 0 aliphatic carbocycles. The highest BCUT2D eigenvalue weighted by molar-refractivity contribution is 5.24. The van der Waals surface area contributed by atoms with Crippen molar-refractivity contribution < 1.29 is 4.74 Å². The molecular formula is C23H31NO. The molecule has 134 valence electrons. The number of benzene rings is 2. The standard InChI is InChI=1S/C23H31NO/c1-4-25-16-15-19(2)20(3)23(17-21-11-7-5-8-12-21)24-18-22-13-9-6-10-14-22/h5-14,23-24H,4,15-18H2,1-3H3. The zero-order chi connectivity index (χ0) is 17.9. The maximum Gasteiger partial charge on any atom is 0.0503 e. The Morgan fingerprint density at radius 2 is 1.52 bits per heavy atom. The van der Waals surface area contributed by atoms with E-state index in [0.717, 1.165) is 32.6 Å². The second kappa shape index (κ2) is 10.9. The molecule has 25 heavy (non-hydrogen) atoms. The van der Waals surface area contributed by atoms with Crippen molar-refractivity contribution in [2.24, 2.45) is 0 Å². The van der Waals surface area contributed by atoms with Crippen LogP contribution in [0.5, 0.6) is 0 Å². The van der Waals surface area contributed by atoms with E-state index < -0.39 is 0 Å². The second-order valence-corrected chi connectivity index (χ2v) is 6.52. The normalized spacial score (nSPS) is 13.4. The predicted octanol–water partition coefficient (Wildman–Crippen LogP) is 5.15. The number of nitrogens with one attached hydrogen (secondary N) is 1. The van der Waals surface area contributed by atoms with Crippen LogP contribution in [0, 0.1) is 0 Å². The molecule has 1 atom stereocenters. The van der Waals surface area contributed by atoms with Crippen molar-refractivity contribution in [3.05, 3.63) is 82.9 Å². The Kier molecular flexibility index (Phi) is 8.44. The highest BCUT2D eigenvalue weighted by Gasteiger charge is 2.13. The summed E-state index contributed by atoms with van der Waals surface area (Å²) in [5.41, 5.74) is 5.54. The minimum absolute atomic E-state index is 0.337. The average Bonchev–Trinajstić information content (AvgIpc) is 2.66. The first-order valence-electron chi connectivity index (χ1n) is 9.26. The Morgan fingerprint density at radius 3 is 2.12 bits per heavy atom. The summed E-state index contributed by atoms with van der Waals surface area (Å²) in [7, 11) is 0. The summed E-state index contributed by atoms with van der Waals surface area (Å²) in [6.07, 6.45) is 2.00. The van der Waals surface area contributed by atoms with Crippen LogP contribution in [-0.2, 0) is 17.7 Å². The van der Waals surface area contributed by atoms with E-state index in [9.17, 15) is 0 Å². The van der Waals surface area contributed by atoms with Crippen molar-refractivity contribution in [2.75, 3.05) is 13.2 Å². The summed E-state index contributed by atoms with van der Waals surface area (Å²) in [5.74, 6) is 0. The largest absolute Gasteiger partial charge is 0.381 e. The average molecular weight is 338 g/mol. The third-order valence-corrected chi connectivity index (χ3v) is 4.70. The van der Waals surface area contributed by atoms with E-state index in [1.54, 1.807) is 0 Å². The fourth-order valence-electron chi connectivity index (χ4n) is 2.93. The SMILES string of the molecule is CCOCCC(C)=C(C)C(Cc1ccccc1)NCc1ccccc1. The molecule has 0 aromatic heterocycles. The van der Waals surface area contributed by atoms with Crippen LogP contribution in [0.2, 0.25) is 0 Å². The van der Waals surface area contributed by atoms with Gasteiger partial charge in [-0.1, -0.05) is 71.8 Å². The van der Waals surface area contributed by atoms with Crippen molar-refractivity contribution in [1.29, 1.82) is 0 Å². The molecule has 0 saturated carbocycles. The molecule has 0 aliphatic heterocycles.